The van der Waals surface area contributed by atoms with E-state index in [0.29, 0.717) is 16.5 Å². The summed E-state index contributed by atoms with van der Waals surface area (Å²) in [5.74, 6) is -0.0700. The van der Waals surface area contributed by atoms with Crippen LogP contribution in [0, 0.1) is 6.92 Å². The quantitative estimate of drug-likeness (QED) is 0.506. The molecule has 0 aromatic heterocycles. The molecule has 5 nitrogen and oxygen atoms in total. The molecule has 0 atom stereocenters. The fourth-order valence-electron chi connectivity index (χ4n) is 2.54. The lowest BCUT2D eigenvalue weighted by molar-refractivity contribution is 0.463. The van der Waals surface area contributed by atoms with Crippen LogP contribution < -0.4 is 9.56 Å². The van der Waals surface area contributed by atoms with E-state index < -0.39 is 15.6 Å². The van der Waals surface area contributed by atoms with Crippen molar-refractivity contribution in [2.75, 3.05) is 5.73 Å². The predicted molar refractivity (Wildman–Crippen MR) is 96.2 cm³/mol. The molecule has 0 amide bonds. The van der Waals surface area contributed by atoms with Gasteiger partial charge < -0.3 is 14.7 Å². The van der Waals surface area contributed by atoms with E-state index in [-0.39, 0.29) is 15.5 Å². The van der Waals surface area contributed by atoms with Gasteiger partial charge in [0.15, 0.2) is 22.0 Å². The second-order valence-corrected chi connectivity index (χ2v) is 7.58. The van der Waals surface area contributed by atoms with Gasteiger partial charge in [-0.3, -0.25) is 0 Å². The minimum Gasteiger partial charge on any atom is -0.504 e. The minimum atomic E-state index is -4.00. The number of hydrogen-bond donors (Lipinski definition) is 2. The highest BCUT2D eigenvalue weighted by Gasteiger charge is 2.26. The van der Waals surface area contributed by atoms with Crippen molar-refractivity contribution in [2.45, 2.75) is 16.7 Å². The van der Waals surface area contributed by atoms with Crippen molar-refractivity contribution < 1.29 is 17.4 Å². The average molecular weight is 408 g/mol. The number of sulfone groups is 1. The van der Waals surface area contributed by atoms with Gasteiger partial charge in [-0.25, -0.2) is 8.42 Å². The summed E-state index contributed by atoms with van der Waals surface area (Å²) >= 11 is 2.87. The second-order valence-electron chi connectivity index (χ2n) is 5.37. The van der Waals surface area contributed by atoms with Crippen molar-refractivity contribution in [3.63, 3.8) is 0 Å². The van der Waals surface area contributed by atoms with Crippen LogP contribution >= 0.6 is 16.3 Å². The Morgan fingerprint density at radius 3 is 2.54 bits per heavy atom. The normalized spacial score (nSPS) is 11.6. The summed E-state index contributed by atoms with van der Waals surface area (Å²) in [7, 11) is -4.00. The lowest BCUT2D eigenvalue weighted by atomic mass is 10.1. The molecule has 0 bridgehead atoms. The number of nitrogen functional groups attached to an aromatic ring is 1. The van der Waals surface area contributed by atoms with Crippen molar-refractivity contribution in [2.24, 2.45) is 0 Å². The number of benzene rings is 3. The molecule has 3 aromatic rings. The van der Waals surface area contributed by atoms with E-state index in [0.717, 1.165) is 5.56 Å². The van der Waals surface area contributed by atoms with Gasteiger partial charge in [-0.15, -0.1) is 0 Å². The first-order chi connectivity index (χ1) is 11.4. The highest BCUT2D eigenvalue weighted by molar-refractivity contribution is 9.06. The van der Waals surface area contributed by atoms with Crippen LogP contribution in [0.25, 0.3) is 10.8 Å². The standard InChI is InChI=1S/C17H14BrNO4S/c1-10-6-7-12(9-15(10)23-18)24(21,22)17-13-5-3-2-4-11(13)8-14(19)16(17)20/h2-9,20H,19H2,1H3. The van der Waals surface area contributed by atoms with E-state index in [2.05, 4.69) is 16.3 Å². The average Bonchev–Trinajstić information content (AvgIpc) is 2.56. The van der Waals surface area contributed by atoms with Gasteiger partial charge in [0.25, 0.3) is 0 Å². The van der Waals surface area contributed by atoms with Gasteiger partial charge in [0.1, 0.15) is 10.6 Å². The maximum Gasteiger partial charge on any atom is 0.211 e. The Morgan fingerprint density at radius 2 is 1.83 bits per heavy atom. The summed E-state index contributed by atoms with van der Waals surface area (Å²) in [6.45, 7) is 1.79. The molecule has 3 rings (SSSR count). The van der Waals surface area contributed by atoms with Crippen molar-refractivity contribution in [3.05, 3.63) is 54.1 Å². The molecule has 0 heterocycles. The Bertz CT molecular complexity index is 1050. The summed E-state index contributed by atoms with van der Waals surface area (Å²) in [4.78, 5) is -0.198. The predicted octanol–water partition coefficient (Wildman–Crippen LogP) is 3.96. The largest absolute Gasteiger partial charge is 0.504 e. The third-order valence-corrected chi connectivity index (χ3v) is 6.00. The van der Waals surface area contributed by atoms with Gasteiger partial charge in [-0.05, 0) is 30.0 Å². The number of halogens is 1. The number of anilines is 1. The van der Waals surface area contributed by atoms with Crippen LogP contribution in [0.3, 0.4) is 0 Å². The van der Waals surface area contributed by atoms with Crippen molar-refractivity contribution in [3.8, 4) is 11.5 Å². The van der Waals surface area contributed by atoms with E-state index in [4.69, 9.17) is 9.56 Å². The molecule has 0 saturated heterocycles. The number of aryl methyl sites for hydroxylation is 1. The van der Waals surface area contributed by atoms with Gasteiger partial charge in [-0.1, -0.05) is 30.3 Å². The highest BCUT2D eigenvalue weighted by Crippen LogP contribution is 2.40. The van der Waals surface area contributed by atoms with Gasteiger partial charge in [0.05, 0.1) is 10.6 Å². The molecule has 0 aliphatic heterocycles. The molecule has 24 heavy (non-hydrogen) atoms. The zero-order chi connectivity index (χ0) is 17.5. The third kappa shape index (κ3) is 2.59. The number of phenols is 1. The molecule has 0 aliphatic carbocycles. The summed E-state index contributed by atoms with van der Waals surface area (Å²) in [6.07, 6.45) is 0. The summed E-state index contributed by atoms with van der Waals surface area (Å²) in [5.41, 5.74) is 6.58. The van der Waals surface area contributed by atoms with E-state index in [1.54, 1.807) is 43.3 Å². The number of rotatable bonds is 3. The first-order valence-corrected chi connectivity index (χ1v) is 9.14. The first-order valence-electron chi connectivity index (χ1n) is 7.01. The van der Waals surface area contributed by atoms with Crippen molar-refractivity contribution >= 4 is 42.6 Å². The Kier molecular flexibility index (Phi) is 4.15. The fraction of sp³-hybridized carbons (Fsp3) is 0.0588. The van der Waals surface area contributed by atoms with Crippen LogP contribution in [-0.4, -0.2) is 13.5 Å². The Morgan fingerprint density at radius 1 is 1.12 bits per heavy atom. The van der Waals surface area contributed by atoms with Crippen LogP contribution in [0.5, 0.6) is 11.5 Å². The molecule has 3 aromatic carbocycles. The number of nitrogens with two attached hydrogens (primary N) is 1. The molecule has 0 aliphatic rings. The number of phenolic OH excluding ortho intramolecular Hbond substituents is 1. The van der Waals surface area contributed by atoms with Crippen LogP contribution in [0.4, 0.5) is 5.69 Å². The van der Waals surface area contributed by atoms with Crippen LogP contribution in [-0.2, 0) is 9.84 Å². The second kappa shape index (κ2) is 5.99. The van der Waals surface area contributed by atoms with E-state index >= 15 is 0 Å². The molecule has 0 saturated carbocycles. The van der Waals surface area contributed by atoms with Crippen LogP contribution in [0.2, 0.25) is 0 Å². The molecule has 0 unspecified atom stereocenters. The Hall–Kier alpha value is -2.25. The van der Waals surface area contributed by atoms with Crippen molar-refractivity contribution in [1.29, 1.82) is 0 Å². The summed E-state index contributed by atoms with van der Waals surface area (Å²) in [5, 5.41) is 11.4. The highest BCUT2D eigenvalue weighted by atomic mass is 79.9. The number of hydrogen-bond acceptors (Lipinski definition) is 5. The Balaban J connectivity index is 2.36. The molecule has 0 fully saturated rings. The molecule has 124 valence electrons. The molecule has 0 radical (unpaired) electrons. The molecule has 3 N–H and O–H groups in total. The van der Waals surface area contributed by atoms with Crippen LogP contribution in [0.1, 0.15) is 5.56 Å². The zero-order valence-electron chi connectivity index (χ0n) is 12.7. The van der Waals surface area contributed by atoms with Gasteiger partial charge >= 0.3 is 0 Å². The summed E-state index contributed by atoms with van der Waals surface area (Å²) < 4.78 is 31.2. The van der Waals surface area contributed by atoms with E-state index in [1.165, 1.54) is 12.1 Å². The molecule has 0 spiro atoms. The van der Waals surface area contributed by atoms with Gasteiger partial charge in [0, 0.05) is 11.5 Å². The minimum absolute atomic E-state index is 0.00797. The fourth-order valence-corrected chi connectivity index (χ4v) is 4.49. The van der Waals surface area contributed by atoms with Crippen molar-refractivity contribution in [1.82, 2.24) is 0 Å². The first kappa shape index (κ1) is 16.6. The maximum absolute atomic E-state index is 13.1. The molecular weight excluding hydrogens is 394 g/mol. The smallest absolute Gasteiger partial charge is 0.211 e. The van der Waals surface area contributed by atoms with Gasteiger partial charge in [0.2, 0.25) is 9.84 Å². The van der Waals surface area contributed by atoms with Crippen LogP contribution in [0.15, 0.2) is 58.3 Å². The van der Waals surface area contributed by atoms with E-state index in [1.807, 2.05) is 0 Å². The van der Waals surface area contributed by atoms with E-state index in [9.17, 15) is 13.5 Å². The lowest BCUT2D eigenvalue weighted by Crippen LogP contribution is -2.05. The maximum atomic E-state index is 13.1. The molecular formula is C17H14BrNO4S. The third-order valence-electron chi connectivity index (χ3n) is 3.83. The lowest BCUT2D eigenvalue weighted by Gasteiger charge is -2.13. The monoisotopic (exact) mass is 407 g/mol. The zero-order valence-corrected chi connectivity index (χ0v) is 15.1. The topological polar surface area (TPSA) is 89.6 Å². The van der Waals surface area contributed by atoms with Gasteiger partial charge in [-0.2, -0.15) is 0 Å². The summed E-state index contributed by atoms with van der Waals surface area (Å²) in [6, 6.07) is 12.9. The molecule has 7 heteroatoms. The SMILES string of the molecule is Cc1ccc(S(=O)(=O)c2c(O)c(N)cc3ccccc23)cc1OBr. The number of fused-ring (bicyclic) bond motifs is 1. The number of aromatic hydroxyl groups is 1. The Labute approximate surface area is 148 Å².